The first kappa shape index (κ1) is 17.0. The van der Waals surface area contributed by atoms with Crippen LogP contribution in [0, 0.1) is 0 Å². The molecule has 0 aliphatic heterocycles. The third kappa shape index (κ3) is 2.90. The van der Waals surface area contributed by atoms with Crippen LogP contribution in [0.5, 0.6) is 0 Å². The first-order valence-electron chi connectivity index (χ1n) is 9.10. The molecule has 0 bridgehead atoms. The Kier molecular flexibility index (Phi) is 3.87. The highest BCUT2D eigenvalue weighted by Crippen LogP contribution is 2.41. The molecule has 1 aliphatic rings. The second kappa shape index (κ2) is 6.59. The van der Waals surface area contributed by atoms with Gasteiger partial charge in [0.2, 0.25) is 0 Å². The van der Waals surface area contributed by atoms with Crippen molar-refractivity contribution < 1.29 is 4.79 Å². The highest BCUT2D eigenvalue weighted by Gasteiger charge is 2.24. The summed E-state index contributed by atoms with van der Waals surface area (Å²) in [7, 11) is 0. The molecule has 1 aliphatic carbocycles. The molecule has 0 atom stereocenters. The monoisotopic (exact) mass is 431 g/mol. The number of hydrogen-bond acceptors (Lipinski definition) is 6. The predicted octanol–water partition coefficient (Wildman–Crippen LogP) is 6.30. The Hall–Kier alpha value is -2.87. The third-order valence-corrected chi connectivity index (χ3v) is 8.14. The quantitative estimate of drug-likeness (QED) is 0.357. The average Bonchev–Trinajstić information content (AvgIpc) is 3.49. The van der Waals surface area contributed by atoms with E-state index in [0.717, 1.165) is 32.2 Å². The largest absolute Gasteiger partial charge is 0.297 e. The Morgan fingerprint density at radius 3 is 2.69 bits per heavy atom. The molecule has 2 aromatic carbocycles. The maximum atomic E-state index is 12.8. The standard InChI is InChI=1S/C22H13N3OS3/c26-20(25-22-24-19-13-6-2-1-5-12(13)11-18(19)29-22)16-9-10-17(27-16)21-23-14-7-3-4-8-15(14)28-21/h1-10H,11H2,(H,24,25,26). The van der Waals surface area contributed by atoms with Crippen LogP contribution in [-0.4, -0.2) is 15.9 Å². The number of nitrogens with one attached hydrogen (secondary N) is 1. The number of anilines is 1. The first-order valence-corrected chi connectivity index (χ1v) is 11.5. The lowest BCUT2D eigenvalue weighted by Gasteiger charge is -2.00. The van der Waals surface area contributed by atoms with Crippen molar-refractivity contribution in [1.82, 2.24) is 9.97 Å². The number of benzene rings is 2. The minimum absolute atomic E-state index is 0.122. The molecule has 0 fully saturated rings. The molecule has 3 aromatic heterocycles. The number of aromatic nitrogens is 2. The second-order valence-corrected chi connectivity index (χ2v) is 9.93. The van der Waals surface area contributed by atoms with Crippen LogP contribution >= 0.6 is 34.0 Å². The van der Waals surface area contributed by atoms with E-state index in [1.54, 1.807) is 22.7 Å². The van der Waals surface area contributed by atoms with Crippen LogP contribution in [0.1, 0.15) is 20.1 Å². The van der Waals surface area contributed by atoms with Gasteiger partial charge in [-0.15, -0.1) is 34.0 Å². The molecule has 6 rings (SSSR count). The van der Waals surface area contributed by atoms with Crippen LogP contribution in [0.4, 0.5) is 5.13 Å². The molecule has 0 saturated heterocycles. The van der Waals surface area contributed by atoms with Crippen molar-refractivity contribution in [1.29, 1.82) is 0 Å². The van der Waals surface area contributed by atoms with E-state index < -0.39 is 0 Å². The van der Waals surface area contributed by atoms with Crippen molar-refractivity contribution in [3.05, 3.63) is 76.0 Å². The fourth-order valence-corrected chi connectivity index (χ4v) is 6.44. The van der Waals surface area contributed by atoms with Crippen LogP contribution in [0.25, 0.3) is 31.4 Å². The Morgan fingerprint density at radius 1 is 0.897 bits per heavy atom. The molecule has 0 saturated carbocycles. The minimum Gasteiger partial charge on any atom is -0.297 e. The van der Waals surface area contributed by atoms with Crippen LogP contribution in [0.2, 0.25) is 0 Å². The summed E-state index contributed by atoms with van der Waals surface area (Å²) in [6.07, 6.45) is 0.889. The zero-order valence-electron chi connectivity index (χ0n) is 15.0. The molecule has 3 heterocycles. The molecule has 7 heteroatoms. The third-order valence-electron chi connectivity index (χ3n) is 4.88. The molecule has 5 aromatic rings. The van der Waals surface area contributed by atoms with Crippen molar-refractivity contribution in [3.8, 4) is 21.1 Å². The average molecular weight is 432 g/mol. The van der Waals surface area contributed by atoms with E-state index >= 15 is 0 Å². The van der Waals surface area contributed by atoms with Gasteiger partial charge in [0.15, 0.2) is 5.13 Å². The number of carbonyl (C=O) groups excluding carboxylic acids is 1. The van der Waals surface area contributed by atoms with Gasteiger partial charge in [0, 0.05) is 16.9 Å². The summed E-state index contributed by atoms with van der Waals surface area (Å²) in [5.74, 6) is -0.122. The van der Waals surface area contributed by atoms with E-state index in [1.165, 1.54) is 27.3 Å². The first-order chi connectivity index (χ1) is 14.2. The summed E-state index contributed by atoms with van der Waals surface area (Å²) < 4.78 is 1.15. The van der Waals surface area contributed by atoms with Crippen molar-refractivity contribution >= 4 is 55.3 Å². The van der Waals surface area contributed by atoms with E-state index in [9.17, 15) is 4.79 Å². The highest BCUT2D eigenvalue weighted by molar-refractivity contribution is 7.26. The lowest BCUT2D eigenvalue weighted by molar-refractivity contribution is 0.103. The lowest BCUT2D eigenvalue weighted by Crippen LogP contribution is -2.09. The Balaban J connectivity index is 1.24. The summed E-state index contributed by atoms with van der Waals surface area (Å²) in [5, 5.41) is 4.57. The van der Waals surface area contributed by atoms with Crippen molar-refractivity contribution in [2.24, 2.45) is 0 Å². The number of amides is 1. The van der Waals surface area contributed by atoms with Gasteiger partial charge in [-0.3, -0.25) is 10.1 Å². The molecular weight excluding hydrogens is 418 g/mol. The van der Waals surface area contributed by atoms with Crippen LogP contribution in [-0.2, 0) is 6.42 Å². The number of thiophene rings is 1. The second-order valence-electron chi connectivity index (χ2n) is 6.73. The summed E-state index contributed by atoms with van der Waals surface area (Å²) in [6, 6.07) is 20.2. The van der Waals surface area contributed by atoms with Gasteiger partial charge < -0.3 is 0 Å². The van der Waals surface area contributed by atoms with E-state index in [0.29, 0.717) is 10.0 Å². The topological polar surface area (TPSA) is 54.9 Å². The van der Waals surface area contributed by atoms with Crippen LogP contribution in [0.3, 0.4) is 0 Å². The molecule has 29 heavy (non-hydrogen) atoms. The number of para-hydroxylation sites is 1. The Morgan fingerprint density at radius 2 is 1.76 bits per heavy atom. The van der Waals surface area contributed by atoms with Gasteiger partial charge in [-0.25, -0.2) is 9.97 Å². The van der Waals surface area contributed by atoms with Crippen LogP contribution < -0.4 is 5.32 Å². The van der Waals surface area contributed by atoms with Gasteiger partial charge in [0.1, 0.15) is 5.01 Å². The van der Waals surface area contributed by atoms with Gasteiger partial charge in [-0.05, 0) is 29.8 Å². The predicted molar refractivity (Wildman–Crippen MR) is 121 cm³/mol. The van der Waals surface area contributed by atoms with E-state index in [4.69, 9.17) is 0 Å². The molecule has 140 valence electrons. The lowest BCUT2D eigenvalue weighted by atomic mass is 10.1. The van der Waals surface area contributed by atoms with E-state index in [2.05, 4.69) is 39.6 Å². The molecule has 0 spiro atoms. The summed E-state index contributed by atoms with van der Waals surface area (Å²) in [4.78, 5) is 25.0. The van der Waals surface area contributed by atoms with E-state index in [1.807, 2.05) is 36.4 Å². The zero-order valence-corrected chi connectivity index (χ0v) is 17.5. The number of thiazole rings is 2. The highest BCUT2D eigenvalue weighted by atomic mass is 32.1. The smallest absolute Gasteiger partial charge is 0.267 e. The van der Waals surface area contributed by atoms with Gasteiger partial charge in [0.25, 0.3) is 5.91 Å². The molecule has 4 nitrogen and oxygen atoms in total. The number of fused-ring (bicyclic) bond motifs is 4. The van der Waals surface area contributed by atoms with Crippen LogP contribution in [0.15, 0.2) is 60.7 Å². The van der Waals surface area contributed by atoms with Crippen molar-refractivity contribution in [2.75, 3.05) is 5.32 Å². The maximum absolute atomic E-state index is 12.8. The number of nitrogens with zero attached hydrogens (tertiary/aromatic N) is 2. The van der Waals surface area contributed by atoms with Gasteiger partial charge in [-0.1, -0.05) is 36.4 Å². The fourth-order valence-electron chi connectivity index (χ4n) is 3.53. The maximum Gasteiger partial charge on any atom is 0.267 e. The summed E-state index contributed by atoms with van der Waals surface area (Å²) in [6.45, 7) is 0. The molecule has 0 radical (unpaired) electrons. The van der Waals surface area contributed by atoms with Gasteiger partial charge in [0.05, 0.1) is 25.7 Å². The zero-order chi connectivity index (χ0) is 19.4. The molecule has 1 amide bonds. The molecular formula is C22H13N3OS3. The molecule has 0 unspecified atom stereocenters. The Labute approximate surface area is 178 Å². The van der Waals surface area contributed by atoms with Crippen molar-refractivity contribution in [2.45, 2.75) is 6.42 Å². The molecule has 1 N–H and O–H groups in total. The number of hydrogen-bond donors (Lipinski definition) is 1. The van der Waals surface area contributed by atoms with E-state index in [-0.39, 0.29) is 5.91 Å². The summed E-state index contributed by atoms with van der Waals surface area (Å²) >= 11 is 4.67. The Bertz CT molecular complexity index is 1360. The minimum atomic E-state index is -0.122. The SMILES string of the molecule is O=C(Nc1nc2c(s1)Cc1ccccc1-2)c1ccc(-c2nc3ccccc3s2)s1. The van der Waals surface area contributed by atoms with Gasteiger partial charge in [-0.2, -0.15) is 0 Å². The normalized spacial score (nSPS) is 12.1. The fraction of sp³-hybridized carbons (Fsp3) is 0.0455. The number of rotatable bonds is 3. The number of carbonyl (C=O) groups is 1. The van der Waals surface area contributed by atoms with Crippen molar-refractivity contribution in [3.63, 3.8) is 0 Å². The van der Waals surface area contributed by atoms with Gasteiger partial charge >= 0.3 is 0 Å². The summed E-state index contributed by atoms with van der Waals surface area (Å²) in [5.41, 5.74) is 4.47.